The summed E-state index contributed by atoms with van der Waals surface area (Å²) in [6.07, 6.45) is 50.1. The van der Waals surface area contributed by atoms with E-state index in [4.69, 9.17) is 18.5 Å². The molecule has 11 heteroatoms. The summed E-state index contributed by atoms with van der Waals surface area (Å²) in [6.45, 7) is 4.03. The Bertz CT molecular complexity index is 1270. The molecule has 1 unspecified atom stereocenters. The third-order valence-electron chi connectivity index (χ3n) is 10.6. The van der Waals surface area contributed by atoms with E-state index in [1.54, 1.807) is 0 Å². The Hall–Kier alpha value is -2.33. The van der Waals surface area contributed by atoms with Crippen LogP contribution < -0.4 is 4.89 Å². The van der Waals surface area contributed by atoms with Gasteiger partial charge in [0.05, 0.1) is 33.9 Å². The Morgan fingerprint density at radius 3 is 1.68 bits per heavy atom. The van der Waals surface area contributed by atoms with Crippen molar-refractivity contribution in [3.05, 3.63) is 60.8 Å². The Kier molecular flexibility index (Phi) is 41.9. The number of hydrogen-bond donors (Lipinski definition) is 1. The van der Waals surface area contributed by atoms with E-state index in [2.05, 4.69) is 44.2 Å². The predicted octanol–water partition coefficient (Wildman–Crippen LogP) is 13.1. The van der Waals surface area contributed by atoms with Gasteiger partial charge in [-0.3, -0.25) is 14.2 Å². The second kappa shape index (κ2) is 43.6. The molecule has 0 aliphatic carbocycles. The van der Waals surface area contributed by atoms with E-state index in [0.29, 0.717) is 30.3 Å². The number of allylic oxidation sites excluding steroid dienone is 9. The van der Waals surface area contributed by atoms with Crippen molar-refractivity contribution in [3.8, 4) is 0 Å². The van der Waals surface area contributed by atoms with E-state index in [1.807, 2.05) is 51.5 Å². The molecule has 0 heterocycles. The fraction of sp³-hybridized carbons (Fsp3) is 0.769. The number of carbonyl (C=O) groups excluding carboxylic acids is 2. The number of aliphatic hydroxyl groups excluding tert-OH is 1. The first kappa shape index (κ1) is 60.7. The fourth-order valence-corrected chi connectivity index (χ4v) is 7.36. The molecule has 0 fully saturated rings. The predicted molar refractivity (Wildman–Crippen MR) is 260 cm³/mol. The molecule has 0 aromatic heterocycles. The highest BCUT2D eigenvalue weighted by atomic mass is 31.2. The van der Waals surface area contributed by atoms with E-state index in [9.17, 15) is 24.2 Å². The topological polar surface area (TPSA) is 131 Å². The van der Waals surface area contributed by atoms with Crippen molar-refractivity contribution < 1.29 is 47.2 Å². The molecule has 0 aliphatic heterocycles. The Morgan fingerprint density at radius 1 is 0.587 bits per heavy atom. The zero-order chi connectivity index (χ0) is 46.5. The monoisotopic (exact) mass is 908 g/mol. The van der Waals surface area contributed by atoms with E-state index < -0.39 is 32.5 Å². The lowest BCUT2D eigenvalue weighted by molar-refractivity contribution is -0.870. The number of likely N-dealkylation sites (N-methyl/N-ethyl adjacent to an activating group) is 1. The lowest BCUT2D eigenvalue weighted by atomic mass is 10.0. The van der Waals surface area contributed by atoms with Gasteiger partial charge in [0.1, 0.15) is 19.8 Å². The average Bonchev–Trinajstić information content (AvgIpc) is 3.23. The van der Waals surface area contributed by atoms with Crippen LogP contribution in [0.5, 0.6) is 0 Å². The zero-order valence-electron chi connectivity index (χ0n) is 40.9. The maximum atomic E-state index is 12.7. The van der Waals surface area contributed by atoms with Gasteiger partial charge >= 0.3 is 11.9 Å². The normalized spacial score (nSPS) is 14.5. The molecular weight excluding hydrogens is 814 g/mol. The molecule has 0 aliphatic rings. The molecule has 0 aromatic carbocycles. The van der Waals surface area contributed by atoms with Crippen LogP contribution in [0.3, 0.4) is 0 Å². The SMILES string of the molecule is CCCCCCCC/C=C\CCCCCCCCCCCCCC(=O)O[C@H](COC(=O)CCC/C=C\C/C=C\C/C=C\C=C\[C@H](O)CCCCC)COP(=O)([O-])OCC[N+](C)(C)C. The molecule has 0 bridgehead atoms. The van der Waals surface area contributed by atoms with E-state index in [-0.39, 0.29) is 32.2 Å². The van der Waals surface area contributed by atoms with Crippen molar-refractivity contribution in [1.82, 2.24) is 0 Å². The molecule has 0 rings (SSSR count). The van der Waals surface area contributed by atoms with Gasteiger partial charge in [-0.15, -0.1) is 0 Å². The van der Waals surface area contributed by atoms with E-state index in [0.717, 1.165) is 57.8 Å². The van der Waals surface area contributed by atoms with Crippen molar-refractivity contribution in [2.45, 2.75) is 212 Å². The molecule has 366 valence electrons. The third kappa shape index (κ3) is 47.5. The molecule has 0 amide bonds. The Labute approximate surface area is 386 Å². The number of hydrogen-bond acceptors (Lipinski definition) is 9. The summed E-state index contributed by atoms with van der Waals surface area (Å²) in [5, 5.41) is 9.92. The number of rotatable bonds is 45. The number of aliphatic hydroxyl groups is 1. The molecule has 0 spiro atoms. The highest BCUT2D eigenvalue weighted by Crippen LogP contribution is 2.38. The summed E-state index contributed by atoms with van der Waals surface area (Å²) in [7, 11) is 1.11. The smallest absolute Gasteiger partial charge is 0.306 e. The minimum Gasteiger partial charge on any atom is -0.756 e. The zero-order valence-corrected chi connectivity index (χ0v) is 41.8. The van der Waals surface area contributed by atoms with Crippen LogP contribution in [0, 0.1) is 0 Å². The van der Waals surface area contributed by atoms with Crippen molar-refractivity contribution in [2.24, 2.45) is 0 Å². The first-order chi connectivity index (χ1) is 30.4. The molecule has 0 aromatic rings. The second-order valence-corrected chi connectivity index (χ2v) is 19.4. The van der Waals surface area contributed by atoms with Gasteiger partial charge in [0.15, 0.2) is 6.10 Å². The fourth-order valence-electron chi connectivity index (χ4n) is 6.64. The lowest BCUT2D eigenvalue weighted by Crippen LogP contribution is -2.37. The number of phosphoric ester groups is 1. The molecule has 10 nitrogen and oxygen atoms in total. The third-order valence-corrected chi connectivity index (χ3v) is 11.6. The number of unbranched alkanes of at least 4 members (excludes halogenated alkanes) is 20. The van der Waals surface area contributed by atoms with Gasteiger partial charge in [0.2, 0.25) is 0 Å². The molecule has 3 atom stereocenters. The molecule has 0 radical (unpaired) electrons. The van der Waals surface area contributed by atoms with Gasteiger partial charge in [0, 0.05) is 12.8 Å². The minimum absolute atomic E-state index is 0.0487. The van der Waals surface area contributed by atoms with Gasteiger partial charge in [-0.05, 0) is 64.2 Å². The first-order valence-corrected chi connectivity index (χ1v) is 26.6. The summed E-state index contributed by atoms with van der Waals surface area (Å²) in [6, 6.07) is 0. The molecule has 0 saturated heterocycles. The lowest BCUT2D eigenvalue weighted by Gasteiger charge is -2.28. The minimum atomic E-state index is -4.65. The maximum absolute atomic E-state index is 12.7. The number of nitrogens with zero attached hydrogens (tertiary/aromatic N) is 1. The summed E-state index contributed by atoms with van der Waals surface area (Å²) in [4.78, 5) is 37.7. The second-order valence-electron chi connectivity index (χ2n) is 18.0. The van der Waals surface area contributed by atoms with Crippen LogP contribution in [0.25, 0.3) is 0 Å². The van der Waals surface area contributed by atoms with Crippen molar-refractivity contribution >= 4 is 19.8 Å². The largest absolute Gasteiger partial charge is 0.756 e. The molecule has 0 saturated carbocycles. The first-order valence-electron chi connectivity index (χ1n) is 25.1. The average molecular weight is 908 g/mol. The van der Waals surface area contributed by atoms with Crippen molar-refractivity contribution in [1.29, 1.82) is 0 Å². The standard InChI is InChI=1S/C52H94NO9P/c1-6-8-10-11-12-13-14-15-16-17-18-19-20-21-22-23-26-30-33-36-40-44-52(56)62-50(48-61-63(57,58)60-46-45-53(3,4)5)47-59-51(55)43-39-35-32-29-27-24-25-28-31-34-38-42-49(54)41-37-9-7-2/h15-16,24-25,29,31-32,34,38,42,49-50,54H,6-14,17-23,26-28,30,33,35-37,39-41,43-48H2,1-5H3/b16-15-,25-24-,32-29-,34-31-,42-38+/t49-,50-/m1/s1. The van der Waals surface area contributed by atoms with Gasteiger partial charge in [-0.25, -0.2) is 0 Å². The van der Waals surface area contributed by atoms with E-state index >= 15 is 0 Å². The highest BCUT2D eigenvalue weighted by Gasteiger charge is 2.21. The van der Waals surface area contributed by atoms with Crippen LogP contribution in [0.1, 0.15) is 200 Å². The molecular formula is C52H94NO9P. The van der Waals surface area contributed by atoms with E-state index in [1.165, 1.54) is 96.3 Å². The number of carbonyl (C=O) groups is 2. The van der Waals surface area contributed by atoms with Crippen LogP contribution in [0.2, 0.25) is 0 Å². The summed E-state index contributed by atoms with van der Waals surface area (Å²) >= 11 is 0. The van der Waals surface area contributed by atoms with Gasteiger partial charge in [-0.2, -0.15) is 0 Å². The molecule has 63 heavy (non-hydrogen) atoms. The maximum Gasteiger partial charge on any atom is 0.306 e. The number of quaternary nitrogens is 1. The van der Waals surface area contributed by atoms with Crippen LogP contribution in [0.15, 0.2) is 60.8 Å². The highest BCUT2D eigenvalue weighted by molar-refractivity contribution is 7.45. The number of ether oxygens (including phenoxy) is 2. The van der Waals surface area contributed by atoms with Crippen LogP contribution in [0.4, 0.5) is 0 Å². The number of esters is 2. The molecule has 1 N–H and O–H groups in total. The summed E-state index contributed by atoms with van der Waals surface area (Å²) < 4.78 is 33.9. The Balaban J connectivity index is 4.38. The van der Waals surface area contributed by atoms with Crippen LogP contribution in [-0.4, -0.2) is 81.2 Å². The van der Waals surface area contributed by atoms with Gasteiger partial charge in [-0.1, -0.05) is 184 Å². The summed E-state index contributed by atoms with van der Waals surface area (Å²) in [5.41, 5.74) is 0. The quantitative estimate of drug-likeness (QED) is 0.0158. The van der Waals surface area contributed by atoms with Gasteiger partial charge < -0.3 is 33.0 Å². The van der Waals surface area contributed by atoms with Crippen LogP contribution >= 0.6 is 7.82 Å². The Morgan fingerprint density at radius 2 is 1.08 bits per heavy atom. The number of phosphoric acid groups is 1. The van der Waals surface area contributed by atoms with Crippen molar-refractivity contribution in [2.75, 3.05) is 47.5 Å². The summed E-state index contributed by atoms with van der Waals surface area (Å²) in [5.74, 6) is -0.926. The van der Waals surface area contributed by atoms with Crippen molar-refractivity contribution in [3.63, 3.8) is 0 Å². The van der Waals surface area contributed by atoms with Gasteiger partial charge in [0.25, 0.3) is 7.82 Å². The van der Waals surface area contributed by atoms with Crippen LogP contribution in [-0.2, 0) is 32.7 Å².